The number of aliphatic hydroxyl groups excluding tert-OH is 1. The summed E-state index contributed by atoms with van der Waals surface area (Å²) >= 11 is 0. The van der Waals surface area contributed by atoms with Crippen LogP contribution in [-0.2, 0) is 0 Å². The van der Waals surface area contributed by atoms with Crippen molar-refractivity contribution in [3.05, 3.63) is 126 Å². The molecule has 1 nitrogen and oxygen atoms in total. The van der Waals surface area contributed by atoms with E-state index in [1.165, 1.54) is 27.1 Å². The zero-order valence-electron chi connectivity index (χ0n) is 22.5. The smallest absolute Gasteiger partial charge is 0.115 e. The molecule has 1 aliphatic rings. The second kappa shape index (κ2) is 13.0. The largest absolute Gasteiger partial charge is 1.00 e. The molecular weight excluding hydrogens is 535 g/mol. The van der Waals surface area contributed by atoms with E-state index in [1.807, 2.05) is 6.08 Å². The maximum Gasteiger partial charge on any atom is 0.115 e. The van der Waals surface area contributed by atoms with Crippen LogP contribution in [0.3, 0.4) is 0 Å². The molecule has 1 N–H and O–H groups in total. The van der Waals surface area contributed by atoms with Gasteiger partial charge in [0, 0.05) is 0 Å². The fourth-order valence-electron chi connectivity index (χ4n) is 5.86. The van der Waals surface area contributed by atoms with E-state index in [2.05, 4.69) is 137 Å². The molecule has 0 aliphatic heterocycles. The number of rotatable bonds is 8. The minimum absolute atomic E-state index is 0. The van der Waals surface area contributed by atoms with E-state index in [4.69, 9.17) is 0 Å². The molecule has 0 fully saturated rings. The summed E-state index contributed by atoms with van der Waals surface area (Å²) in [7, 11) is -1.84. The third-order valence-corrected chi connectivity index (χ3v) is 12.0. The minimum atomic E-state index is -1.84. The van der Waals surface area contributed by atoms with Crippen LogP contribution in [-0.4, -0.2) is 17.4 Å². The maximum absolute atomic E-state index is 10.2. The predicted octanol–water partition coefficient (Wildman–Crippen LogP) is 4.23. The number of hydrogen-bond acceptors (Lipinski definition) is 1. The van der Waals surface area contributed by atoms with Crippen LogP contribution in [0.1, 0.15) is 40.5 Å². The SMILES string of the molecule is CC(C=CC[P+](c1ccccc1)(c1ccccc1)c1ccccc1)=CCC1C(C)=CC(O)CC1(C)C.[Br-]. The minimum Gasteiger partial charge on any atom is -1.00 e. The second-order valence-electron chi connectivity index (χ2n) is 10.8. The molecule has 194 valence electrons. The lowest BCUT2D eigenvalue weighted by molar-refractivity contribution is -0.0000119. The molecule has 2 unspecified atom stereocenters. The van der Waals surface area contributed by atoms with Crippen molar-refractivity contribution in [3.8, 4) is 0 Å². The zero-order valence-corrected chi connectivity index (χ0v) is 25.0. The molecule has 0 saturated heterocycles. The highest BCUT2D eigenvalue weighted by Crippen LogP contribution is 2.55. The quantitative estimate of drug-likeness (QED) is 0.242. The summed E-state index contributed by atoms with van der Waals surface area (Å²) in [4.78, 5) is 0. The number of aliphatic hydroxyl groups is 1. The fraction of sp³-hybridized carbons (Fsp3) is 0.294. The van der Waals surface area contributed by atoms with Crippen molar-refractivity contribution in [2.24, 2.45) is 11.3 Å². The highest BCUT2D eigenvalue weighted by atomic mass is 79.9. The Labute approximate surface area is 235 Å². The van der Waals surface area contributed by atoms with Crippen LogP contribution in [0, 0.1) is 11.3 Å². The van der Waals surface area contributed by atoms with E-state index in [0.29, 0.717) is 5.92 Å². The van der Waals surface area contributed by atoms with Gasteiger partial charge in [-0.25, -0.2) is 0 Å². The Bertz CT molecular complexity index is 1120. The van der Waals surface area contributed by atoms with Gasteiger partial charge in [-0.1, -0.05) is 97.8 Å². The first-order chi connectivity index (χ1) is 17.3. The average molecular weight is 576 g/mol. The Hall–Kier alpha value is -2.25. The summed E-state index contributed by atoms with van der Waals surface area (Å²) < 4.78 is 0. The molecule has 4 rings (SSSR count). The molecule has 0 amide bonds. The van der Waals surface area contributed by atoms with Crippen LogP contribution in [0.15, 0.2) is 126 Å². The molecule has 0 spiro atoms. The Morgan fingerprint density at radius 2 is 1.32 bits per heavy atom. The summed E-state index contributed by atoms with van der Waals surface area (Å²) in [6, 6.07) is 33.2. The van der Waals surface area contributed by atoms with E-state index >= 15 is 0 Å². The van der Waals surface area contributed by atoms with Crippen LogP contribution in [0.2, 0.25) is 0 Å². The van der Waals surface area contributed by atoms with E-state index in [9.17, 15) is 5.11 Å². The van der Waals surface area contributed by atoms with Crippen LogP contribution >= 0.6 is 7.26 Å². The number of benzene rings is 3. The van der Waals surface area contributed by atoms with Gasteiger partial charge in [0.1, 0.15) is 23.2 Å². The van der Waals surface area contributed by atoms with Crippen molar-refractivity contribution in [3.63, 3.8) is 0 Å². The van der Waals surface area contributed by atoms with Crippen molar-refractivity contribution in [1.82, 2.24) is 0 Å². The van der Waals surface area contributed by atoms with Crippen LogP contribution in [0.5, 0.6) is 0 Å². The summed E-state index contributed by atoms with van der Waals surface area (Å²) in [5.41, 5.74) is 2.72. The lowest BCUT2D eigenvalue weighted by Crippen LogP contribution is -3.00. The van der Waals surface area contributed by atoms with Crippen molar-refractivity contribution < 1.29 is 22.1 Å². The molecular formula is C34H40BrOP. The monoisotopic (exact) mass is 574 g/mol. The van der Waals surface area contributed by atoms with Gasteiger partial charge in [0.25, 0.3) is 0 Å². The molecule has 0 radical (unpaired) electrons. The van der Waals surface area contributed by atoms with E-state index in [0.717, 1.165) is 19.0 Å². The summed E-state index contributed by atoms with van der Waals surface area (Å²) in [5.74, 6) is 0.466. The van der Waals surface area contributed by atoms with Crippen molar-refractivity contribution >= 4 is 23.2 Å². The number of hydrogen-bond donors (Lipinski definition) is 1. The Morgan fingerprint density at radius 1 is 0.865 bits per heavy atom. The summed E-state index contributed by atoms with van der Waals surface area (Å²) in [6.45, 7) is 8.96. The lowest BCUT2D eigenvalue weighted by Gasteiger charge is -2.40. The highest BCUT2D eigenvalue weighted by molar-refractivity contribution is 7.95. The first-order valence-electron chi connectivity index (χ1n) is 13.1. The van der Waals surface area contributed by atoms with Gasteiger partial charge in [0.15, 0.2) is 0 Å². The average Bonchev–Trinajstić information content (AvgIpc) is 2.87. The fourth-order valence-corrected chi connectivity index (χ4v) is 9.85. The topological polar surface area (TPSA) is 20.2 Å². The number of allylic oxidation sites excluding steroid dienone is 5. The Balaban J connectivity index is 0.00000380. The molecule has 0 saturated carbocycles. The van der Waals surface area contributed by atoms with Crippen molar-refractivity contribution in [1.29, 1.82) is 0 Å². The van der Waals surface area contributed by atoms with Crippen LogP contribution in [0.4, 0.5) is 0 Å². The standard InChI is InChI=1S/C34H40OP.BrH/c1-27(22-23-33-28(2)25-29(35)26-34(33,3)4)15-14-24-36(30-16-8-5-9-17-30,31-18-10-6-11-19-31)32-20-12-7-13-21-32;/h5-22,25,29,33,35H,23-24,26H2,1-4H3;1H/q+1;/p-1. The van der Waals surface area contributed by atoms with Crippen LogP contribution in [0.25, 0.3) is 0 Å². The van der Waals surface area contributed by atoms with Gasteiger partial charge in [-0.05, 0) is 80.5 Å². The molecule has 0 aromatic heterocycles. The second-order valence-corrected chi connectivity index (χ2v) is 14.3. The summed E-state index contributed by atoms with van der Waals surface area (Å²) in [6.07, 6.45) is 11.6. The van der Waals surface area contributed by atoms with Gasteiger partial charge >= 0.3 is 0 Å². The van der Waals surface area contributed by atoms with Crippen molar-refractivity contribution in [2.75, 3.05) is 6.16 Å². The Morgan fingerprint density at radius 3 is 1.76 bits per heavy atom. The molecule has 3 heteroatoms. The number of halogens is 1. The molecule has 0 heterocycles. The van der Waals surface area contributed by atoms with Crippen LogP contribution < -0.4 is 32.9 Å². The van der Waals surface area contributed by atoms with Gasteiger partial charge in [0.2, 0.25) is 0 Å². The first-order valence-corrected chi connectivity index (χ1v) is 15.0. The maximum atomic E-state index is 10.2. The molecule has 37 heavy (non-hydrogen) atoms. The third kappa shape index (κ3) is 6.80. The van der Waals surface area contributed by atoms with Gasteiger partial charge in [-0.2, -0.15) is 0 Å². The van der Waals surface area contributed by atoms with E-state index < -0.39 is 7.26 Å². The van der Waals surface area contributed by atoms with Crippen molar-refractivity contribution in [2.45, 2.75) is 46.6 Å². The van der Waals surface area contributed by atoms with Gasteiger partial charge in [-0.3, -0.25) is 0 Å². The van der Waals surface area contributed by atoms with Gasteiger partial charge in [0.05, 0.1) is 12.3 Å². The van der Waals surface area contributed by atoms with E-state index in [-0.39, 0.29) is 28.5 Å². The highest BCUT2D eigenvalue weighted by Gasteiger charge is 2.44. The first kappa shape index (κ1) is 29.3. The van der Waals surface area contributed by atoms with Gasteiger partial charge in [-0.15, -0.1) is 0 Å². The molecule has 3 aromatic carbocycles. The normalized spacial score (nSPS) is 19.8. The van der Waals surface area contributed by atoms with Gasteiger partial charge < -0.3 is 22.1 Å². The lowest BCUT2D eigenvalue weighted by atomic mass is 9.66. The zero-order chi connectivity index (χ0) is 25.6. The predicted molar refractivity (Wildman–Crippen MR) is 159 cm³/mol. The molecule has 2 atom stereocenters. The molecule has 0 bridgehead atoms. The summed E-state index contributed by atoms with van der Waals surface area (Å²) in [5, 5.41) is 14.4. The Kier molecular flexibility index (Phi) is 10.3. The van der Waals surface area contributed by atoms with E-state index in [1.54, 1.807) is 0 Å². The third-order valence-electron chi connectivity index (χ3n) is 7.71. The molecule has 3 aromatic rings. The molecule has 1 aliphatic carbocycles.